The molecule has 1 amide bonds. The maximum atomic E-state index is 13.5. The number of fused-ring (bicyclic) bond motifs is 1. The van der Waals surface area contributed by atoms with E-state index in [2.05, 4.69) is 15.4 Å². The lowest BCUT2D eigenvalue weighted by molar-refractivity contribution is 0.102. The van der Waals surface area contributed by atoms with Gasteiger partial charge in [0.25, 0.3) is 5.91 Å². The molecule has 0 bridgehead atoms. The number of rotatable bonds is 3. The number of aromatic nitrogens is 3. The summed E-state index contributed by atoms with van der Waals surface area (Å²) in [7, 11) is 0. The van der Waals surface area contributed by atoms with Gasteiger partial charge in [0.05, 0.1) is 23.3 Å². The molecule has 1 N–H and O–H groups in total. The van der Waals surface area contributed by atoms with E-state index in [1.165, 1.54) is 31.4 Å². The fourth-order valence-electron chi connectivity index (χ4n) is 3.74. The van der Waals surface area contributed by atoms with Gasteiger partial charge in [0.2, 0.25) is 0 Å². The zero-order chi connectivity index (χ0) is 18.1. The Bertz CT molecular complexity index is 954. The van der Waals surface area contributed by atoms with E-state index in [0.717, 1.165) is 12.8 Å². The van der Waals surface area contributed by atoms with Crippen LogP contribution in [0.2, 0.25) is 0 Å². The minimum atomic E-state index is -0.364. The van der Waals surface area contributed by atoms with Gasteiger partial charge in [0.1, 0.15) is 11.6 Å². The number of halogens is 1. The fraction of sp³-hybridized carbons (Fsp3) is 0.350. The lowest BCUT2D eigenvalue weighted by atomic mass is 9.96. The van der Waals surface area contributed by atoms with Gasteiger partial charge in [-0.3, -0.25) is 9.78 Å². The number of carbonyl (C=O) groups is 1. The van der Waals surface area contributed by atoms with Crippen molar-refractivity contribution in [2.45, 2.75) is 45.1 Å². The Morgan fingerprint density at radius 1 is 1.19 bits per heavy atom. The van der Waals surface area contributed by atoms with E-state index in [9.17, 15) is 9.18 Å². The Kier molecular flexibility index (Phi) is 4.41. The molecular formula is C20H21FN4O. The van der Waals surface area contributed by atoms with E-state index in [0.29, 0.717) is 34.0 Å². The quantitative estimate of drug-likeness (QED) is 0.747. The predicted octanol–water partition coefficient (Wildman–Crippen LogP) is 4.64. The van der Waals surface area contributed by atoms with Crippen LogP contribution in [0.5, 0.6) is 0 Å². The van der Waals surface area contributed by atoms with Crippen molar-refractivity contribution in [1.82, 2.24) is 14.8 Å². The first-order chi connectivity index (χ1) is 12.6. The Morgan fingerprint density at radius 2 is 2.00 bits per heavy atom. The first-order valence-electron chi connectivity index (χ1n) is 9.03. The van der Waals surface area contributed by atoms with Crippen LogP contribution in [-0.4, -0.2) is 20.7 Å². The van der Waals surface area contributed by atoms with Gasteiger partial charge in [-0.25, -0.2) is 9.07 Å². The zero-order valence-electron chi connectivity index (χ0n) is 14.7. The zero-order valence-corrected chi connectivity index (χ0v) is 14.7. The first kappa shape index (κ1) is 16.7. The van der Waals surface area contributed by atoms with Crippen LogP contribution < -0.4 is 5.32 Å². The van der Waals surface area contributed by atoms with Crippen LogP contribution in [0.25, 0.3) is 10.9 Å². The molecule has 0 radical (unpaired) electrons. The van der Waals surface area contributed by atoms with Crippen LogP contribution in [0.15, 0.2) is 36.5 Å². The number of nitrogens with zero attached hydrogens (tertiary/aromatic N) is 3. The summed E-state index contributed by atoms with van der Waals surface area (Å²) in [6, 6.07) is 8.19. The Morgan fingerprint density at radius 3 is 2.81 bits per heavy atom. The molecule has 1 aliphatic rings. The molecule has 6 heteroatoms. The number of hydrogen-bond donors (Lipinski definition) is 1. The molecule has 0 unspecified atom stereocenters. The Hall–Kier alpha value is -2.76. The lowest BCUT2D eigenvalue weighted by Crippen LogP contribution is -2.20. The first-order valence-corrected chi connectivity index (χ1v) is 9.03. The number of nitrogens with one attached hydrogen (secondary N) is 1. The molecule has 3 aromatic rings. The van der Waals surface area contributed by atoms with Gasteiger partial charge in [-0.1, -0.05) is 19.3 Å². The van der Waals surface area contributed by atoms with E-state index in [1.54, 1.807) is 25.3 Å². The monoisotopic (exact) mass is 352 g/mol. The third kappa shape index (κ3) is 3.19. The summed E-state index contributed by atoms with van der Waals surface area (Å²) in [5.74, 6) is 0.105. The molecule has 1 saturated carbocycles. The largest absolute Gasteiger partial charge is 0.307 e. The number of carbonyl (C=O) groups excluding carboxylic acids is 1. The normalized spacial score (nSPS) is 15.3. The number of benzene rings is 1. The number of pyridine rings is 1. The Labute approximate surface area is 151 Å². The summed E-state index contributed by atoms with van der Waals surface area (Å²) in [6.45, 7) is 1.80. The van der Waals surface area contributed by atoms with Crippen molar-refractivity contribution in [2.75, 3.05) is 5.32 Å². The molecule has 5 nitrogen and oxygen atoms in total. The van der Waals surface area contributed by atoms with Gasteiger partial charge in [-0.05, 0) is 38.0 Å². The molecule has 134 valence electrons. The maximum Gasteiger partial charge on any atom is 0.257 e. The molecule has 0 aliphatic heterocycles. The molecule has 1 fully saturated rings. The summed E-state index contributed by atoms with van der Waals surface area (Å²) in [5, 5.41) is 8.03. The van der Waals surface area contributed by atoms with Crippen molar-refractivity contribution >= 4 is 22.6 Å². The summed E-state index contributed by atoms with van der Waals surface area (Å²) in [4.78, 5) is 17.3. The fourth-order valence-corrected chi connectivity index (χ4v) is 3.74. The second kappa shape index (κ2) is 6.86. The minimum Gasteiger partial charge on any atom is -0.307 e. The van der Waals surface area contributed by atoms with Crippen molar-refractivity contribution in [3.05, 3.63) is 53.6 Å². The maximum absolute atomic E-state index is 13.5. The van der Waals surface area contributed by atoms with Gasteiger partial charge in [0, 0.05) is 23.2 Å². The van der Waals surface area contributed by atoms with Crippen molar-refractivity contribution in [3.63, 3.8) is 0 Å². The van der Waals surface area contributed by atoms with Gasteiger partial charge < -0.3 is 5.32 Å². The van der Waals surface area contributed by atoms with Crippen molar-refractivity contribution in [3.8, 4) is 0 Å². The summed E-state index contributed by atoms with van der Waals surface area (Å²) < 4.78 is 15.4. The van der Waals surface area contributed by atoms with E-state index < -0.39 is 0 Å². The van der Waals surface area contributed by atoms with Gasteiger partial charge in [0.15, 0.2) is 0 Å². The highest BCUT2D eigenvalue weighted by molar-refractivity contribution is 6.12. The molecule has 1 aliphatic carbocycles. The van der Waals surface area contributed by atoms with E-state index in [4.69, 9.17) is 0 Å². The van der Waals surface area contributed by atoms with Crippen molar-refractivity contribution in [2.24, 2.45) is 0 Å². The smallest absolute Gasteiger partial charge is 0.257 e. The van der Waals surface area contributed by atoms with Crippen LogP contribution in [0.1, 0.15) is 54.2 Å². The lowest BCUT2D eigenvalue weighted by Gasteiger charge is -2.24. The van der Waals surface area contributed by atoms with E-state index in [1.807, 2.05) is 10.7 Å². The predicted molar refractivity (Wildman–Crippen MR) is 98.7 cm³/mol. The van der Waals surface area contributed by atoms with Gasteiger partial charge in [-0.15, -0.1) is 0 Å². The summed E-state index contributed by atoms with van der Waals surface area (Å²) in [5.41, 5.74) is 1.65. The highest BCUT2D eigenvalue weighted by Crippen LogP contribution is 2.30. The van der Waals surface area contributed by atoms with Crippen LogP contribution in [0, 0.1) is 12.7 Å². The second-order valence-corrected chi connectivity index (χ2v) is 6.88. The van der Waals surface area contributed by atoms with E-state index in [-0.39, 0.29) is 11.7 Å². The molecule has 2 aromatic heterocycles. The SMILES string of the molecule is Cc1cc(C(=O)Nc2ccnn2C2CCCCC2)c2ccc(F)cc2n1. The minimum absolute atomic E-state index is 0.232. The highest BCUT2D eigenvalue weighted by Gasteiger charge is 2.20. The Balaban J connectivity index is 1.65. The molecule has 0 saturated heterocycles. The van der Waals surface area contributed by atoms with Crippen LogP contribution in [-0.2, 0) is 0 Å². The topological polar surface area (TPSA) is 59.8 Å². The number of aryl methyl sites for hydroxylation is 1. The van der Waals surface area contributed by atoms with E-state index >= 15 is 0 Å². The molecule has 1 aromatic carbocycles. The molecule has 4 rings (SSSR count). The average molecular weight is 352 g/mol. The van der Waals surface area contributed by atoms with Gasteiger partial charge >= 0.3 is 0 Å². The summed E-state index contributed by atoms with van der Waals surface area (Å²) in [6.07, 6.45) is 7.53. The number of amides is 1. The second-order valence-electron chi connectivity index (χ2n) is 6.88. The molecule has 0 atom stereocenters. The van der Waals surface area contributed by atoms with Crippen LogP contribution in [0.4, 0.5) is 10.2 Å². The molecule has 26 heavy (non-hydrogen) atoms. The highest BCUT2D eigenvalue weighted by atomic mass is 19.1. The number of hydrogen-bond acceptors (Lipinski definition) is 3. The van der Waals surface area contributed by atoms with Crippen molar-refractivity contribution < 1.29 is 9.18 Å². The third-order valence-electron chi connectivity index (χ3n) is 4.98. The molecule has 0 spiro atoms. The van der Waals surface area contributed by atoms with Crippen LogP contribution >= 0.6 is 0 Å². The number of anilines is 1. The molecule has 2 heterocycles. The van der Waals surface area contributed by atoms with Crippen molar-refractivity contribution in [1.29, 1.82) is 0 Å². The molecular weight excluding hydrogens is 331 g/mol. The third-order valence-corrected chi connectivity index (χ3v) is 4.98. The standard InChI is InChI=1S/C20H21FN4O/c1-13-11-17(16-8-7-14(21)12-18(16)23-13)20(26)24-19-9-10-22-25(19)15-5-3-2-4-6-15/h7-12,15H,2-6H2,1H3,(H,24,26). The van der Waals surface area contributed by atoms with Crippen LogP contribution in [0.3, 0.4) is 0 Å². The average Bonchev–Trinajstić information content (AvgIpc) is 3.09. The summed E-state index contributed by atoms with van der Waals surface area (Å²) >= 11 is 0. The van der Waals surface area contributed by atoms with Gasteiger partial charge in [-0.2, -0.15) is 5.10 Å².